The minimum absolute atomic E-state index is 0.0627. The zero-order valence-electron chi connectivity index (χ0n) is 11.8. The quantitative estimate of drug-likeness (QED) is 0.821. The van der Waals surface area contributed by atoms with Gasteiger partial charge in [0.1, 0.15) is 5.75 Å². The molecule has 3 N–H and O–H groups in total. The predicted molar refractivity (Wildman–Crippen MR) is 77.8 cm³/mol. The highest BCUT2D eigenvalue weighted by Gasteiger charge is 2.28. The molecule has 2 rings (SSSR count). The van der Waals surface area contributed by atoms with Crippen molar-refractivity contribution in [3.8, 4) is 5.75 Å². The molecule has 0 aliphatic carbocycles. The number of aliphatic hydroxyl groups is 1. The summed E-state index contributed by atoms with van der Waals surface area (Å²) in [6.45, 7) is 0.823. The summed E-state index contributed by atoms with van der Waals surface area (Å²) >= 11 is 0. The van der Waals surface area contributed by atoms with E-state index in [9.17, 15) is 4.79 Å². The smallest absolute Gasteiger partial charge is 0.257 e. The van der Waals surface area contributed by atoms with E-state index in [1.165, 1.54) is 0 Å². The van der Waals surface area contributed by atoms with E-state index >= 15 is 0 Å². The minimum atomic E-state index is -0.0627. The van der Waals surface area contributed by atoms with Gasteiger partial charge < -0.3 is 20.5 Å². The molecule has 0 radical (unpaired) electrons. The third-order valence-corrected chi connectivity index (χ3v) is 3.80. The number of methoxy groups -OCH3 is 1. The fraction of sp³-hybridized carbons (Fsp3) is 0.533. The van der Waals surface area contributed by atoms with E-state index in [0.29, 0.717) is 23.4 Å². The SMILES string of the molecule is COc1ccc(N)cc1C(=O)N1CCCCC1CCO. The largest absolute Gasteiger partial charge is 0.496 e. The van der Waals surface area contributed by atoms with E-state index in [0.717, 1.165) is 25.8 Å². The Morgan fingerprint density at radius 2 is 2.30 bits per heavy atom. The van der Waals surface area contributed by atoms with Crippen molar-refractivity contribution in [1.29, 1.82) is 0 Å². The van der Waals surface area contributed by atoms with Crippen LogP contribution in [-0.2, 0) is 0 Å². The van der Waals surface area contributed by atoms with Crippen LogP contribution in [0.1, 0.15) is 36.0 Å². The molecule has 0 bridgehead atoms. The van der Waals surface area contributed by atoms with Crippen LogP contribution in [0.5, 0.6) is 5.75 Å². The zero-order valence-corrected chi connectivity index (χ0v) is 11.8. The van der Waals surface area contributed by atoms with Crippen molar-refractivity contribution in [2.24, 2.45) is 0 Å². The van der Waals surface area contributed by atoms with Crippen molar-refractivity contribution in [1.82, 2.24) is 4.90 Å². The monoisotopic (exact) mass is 278 g/mol. The summed E-state index contributed by atoms with van der Waals surface area (Å²) in [4.78, 5) is 14.6. The molecule has 1 aliphatic rings. The van der Waals surface area contributed by atoms with Crippen LogP contribution in [0, 0.1) is 0 Å². The lowest BCUT2D eigenvalue weighted by Crippen LogP contribution is -2.44. The Labute approximate surface area is 119 Å². The van der Waals surface area contributed by atoms with Crippen molar-refractivity contribution < 1.29 is 14.6 Å². The topological polar surface area (TPSA) is 75.8 Å². The lowest BCUT2D eigenvalue weighted by Gasteiger charge is -2.36. The van der Waals surface area contributed by atoms with Crippen LogP contribution in [0.3, 0.4) is 0 Å². The highest BCUT2D eigenvalue weighted by molar-refractivity contribution is 5.98. The number of nitrogens with zero attached hydrogens (tertiary/aromatic N) is 1. The van der Waals surface area contributed by atoms with Crippen LogP contribution >= 0.6 is 0 Å². The molecule has 1 aliphatic heterocycles. The maximum atomic E-state index is 12.7. The van der Waals surface area contributed by atoms with Crippen LogP contribution < -0.4 is 10.5 Å². The standard InChI is InChI=1S/C15H22N2O3/c1-20-14-6-5-11(16)10-13(14)15(19)17-8-3-2-4-12(17)7-9-18/h5-6,10,12,18H,2-4,7-9,16H2,1H3. The molecule has 20 heavy (non-hydrogen) atoms. The van der Waals surface area contributed by atoms with Gasteiger partial charge in [0, 0.05) is 24.9 Å². The number of amides is 1. The van der Waals surface area contributed by atoms with Crippen LogP contribution in [0.25, 0.3) is 0 Å². The number of rotatable bonds is 4. The molecular weight excluding hydrogens is 256 g/mol. The number of piperidine rings is 1. The molecule has 0 spiro atoms. The van der Waals surface area contributed by atoms with E-state index < -0.39 is 0 Å². The summed E-state index contributed by atoms with van der Waals surface area (Å²) in [6.07, 6.45) is 3.66. The molecule has 0 aromatic heterocycles. The Bertz CT molecular complexity index is 474. The van der Waals surface area contributed by atoms with Crippen LogP contribution in [0.4, 0.5) is 5.69 Å². The summed E-state index contributed by atoms with van der Waals surface area (Å²) in [5.41, 5.74) is 6.82. The maximum Gasteiger partial charge on any atom is 0.257 e. The number of ether oxygens (including phenoxy) is 1. The van der Waals surface area contributed by atoms with Crippen molar-refractivity contribution in [2.75, 3.05) is 26.0 Å². The average molecular weight is 278 g/mol. The first kappa shape index (κ1) is 14.7. The van der Waals surface area contributed by atoms with E-state index in [1.807, 2.05) is 4.90 Å². The lowest BCUT2D eigenvalue weighted by molar-refractivity contribution is 0.0571. The first-order valence-corrected chi connectivity index (χ1v) is 7.02. The number of nitrogen functional groups attached to an aromatic ring is 1. The number of likely N-dealkylation sites (tertiary alicyclic amines) is 1. The molecule has 5 heteroatoms. The van der Waals surface area contributed by atoms with Crippen molar-refractivity contribution >= 4 is 11.6 Å². The van der Waals surface area contributed by atoms with Gasteiger partial charge in [0.05, 0.1) is 12.7 Å². The Balaban J connectivity index is 2.26. The Morgan fingerprint density at radius 3 is 3.00 bits per heavy atom. The zero-order chi connectivity index (χ0) is 14.5. The number of nitrogens with two attached hydrogens (primary N) is 1. The van der Waals surface area contributed by atoms with E-state index in [-0.39, 0.29) is 18.6 Å². The first-order valence-electron chi connectivity index (χ1n) is 7.02. The molecular formula is C15H22N2O3. The van der Waals surface area contributed by atoms with E-state index in [1.54, 1.807) is 25.3 Å². The van der Waals surface area contributed by atoms with Gasteiger partial charge in [-0.25, -0.2) is 0 Å². The van der Waals surface area contributed by atoms with Gasteiger partial charge in [-0.15, -0.1) is 0 Å². The van der Waals surface area contributed by atoms with Crippen molar-refractivity contribution in [2.45, 2.75) is 31.7 Å². The second-order valence-electron chi connectivity index (χ2n) is 5.12. The second kappa shape index (κ2) is 6.61. The molecule has 1 heterocycles. The van der Waals surface area contributed by atoms with Gasteiger partial charge in [-0.05, 0) is 43.9 Å². The number of benzene rings is 1. The molecule has 110 valence electrons. The fourth-order valence-corrected chi connectivity index (χ4v) is 2.76. The highest BCUT2D eigenvalue weighted by atomic mass is 16.5. The van der Waals surface area contributed by atoms with Gasteiger partial charge in [-0.3, -0.25) is 4.79 Å². The molecule has 1 unspecified atom stereocenters. The molecule has 1 aromatic carbocycles. The number of aliphatic hydroxyl groups excluding tert-OH is 1. The summed E-state index contributed by atoms with van der Waals surface area (Å²) in [6, 6.07) is 5.20. The summed E-state index contributed by atoms with van der Waals surface area (Å²) in [7, 11) is 1.55. The Kier molecular flexibility index (Phi) is 4.84. The molecule has 1 amide bonds. The Hall–Kier alpha value is -1.75. The molecule has 1 atom stereocenters. The lowest BCUT2D eigenvalue weighted by atomic mass is 9.98. The molecule has 5 nitrogen and oxygen atoms in total. The molecule has 1 aromatic rings. The van der Waals surface area contributed by atoms with E-state index in [4.69, 9.17) is 15.6 Å². The first-order chi connectivity index (χ1) is 9.67. The highest BCUT2D eigenvalue weighted by Crippen LogP contribution is 2.27. The third kappa shape index (κ3) is 3.04. The number of carbonyl (C=O) groups excluding carboxylic acids is 1. The minimum Gasteiger partial charge on any atom is -0.496 e. The third-order valence-electron chi connectivity index (χ3n) is 3.80. The van der Waals surface area contributed by atoms with Crippen molar-refractivity contribution in [3.05, 3.63) is 23.8 Å². The Morgan fingerprint density at radius 1 is 1.50 bits per heavy atom. The van der Waals surface area contributed by atoms with Crippen LogP contribution in [-0.4, -0.2) is 42.2 Å². The van der Waals surface area contributed by atoms with Crippen LogP contribution in [0.15, 0.2) is 18.2 Å². The van der Waals surface area contributed by atoms with Gasteiger partial charge in [-0.1, -0.05) is 0 Å². The molecule has 1 fully saturated rings. The van der Waals surface area contributed by atoms with Gasteiger partial charge in [0.15, 0.2) is 0 Å². The van der Waals surface area contributed by atoms with Crippen molar-refractivity contribution in [3.63, 3.8) is 0 Å². The van der Waals surface area contributed by atoms with Gasteiger partial charge in [-0.2, -0.15) is 0 Å². The normalized spacial score (nSPS) is 18.9. The van der Waals surface area contributed by atoms with Gasteiger partial charge in [0.25, 0.3) is 5.91 Å². The molecule has 1 saturated heterocycles. The number of hydrogen-bond acceptors (Lipinski definition) is 4. The van der Waals surface area contributed by atoms with E-state index in [2.05, 4.69) is 0 Å². The average Bonchev–Trinajstić information content (AvgIpc) is 2.47. The number of carbonyl (C=O) groups is 1. The van der Waals surface area contributed by atoms with Crippen LogP contribution in [0.2, 0.25) is 0 Å². The summed E-state index contributed by atoms with van der Waals surface area (Å²) in [5, 5.41) is 9.15. The predicted octanol–water partition coefficient (Wildman–Crippen LogP) is 1.65. The fourth-order valence-electron chi connectivity index (χ4n) is 2.76. The second-order valence-corrected chi connectivity index (χ2v) is 5.12. The summed E-state index contributed by atoms with van der Waals surface area (Å²) < 4.78 is 5.26. The van der Waals surface area contributed by atoms with Gasteiger partial charge >= 0.3 is 0 Å². The van der Waals surface area contributed by atoms with Gasteiger partial charge in [0.2, 0.25) is 0 Å². The number of anilines is 1. The maximum absolute atomic E-state index is 12.7. The summed E-state index contributed by atoms with van der Waals surface area (Å²) in [5.74, 6) is 0.477. The number of hydrogen-bond donors (Lipinski definition) is 2. The molecule has 0 saturated carbocycles.